The molecule has 0 saturated carbocycles. The van der Waals surface area contributed by atoms with Crippen molar-refractivity contribution in [2.24, 2.45) is 0 Å². The average molecular weight is 331 g/mol. The number of hydrogen-bond acceptors (Lipinski definition) is 3. The van der Waals surface area contributed by atoms with Crippen molar-refractivity contribution < 1.29 is 4.74 Å². The van der Waals surface area contributed by atoms with Crippen LogP contribution in [0.5, 0.6) is 5.75 Å². The molecule has 1 aromatic heterocycles. The van der Waals surface area contributed by atoms with Gasteiger partial charge in [-0.1, -0.05) is 12.1 Å². The zero-order chi connectivity index (χ0) is 14.1. The molecule has 0 aliphatic rings. The number of para-hydroxylation sites is 1. The molecule has 3 aromatic rings. The summed E-state index contributed by atoms with van der Waals surface area (Å²) in [6.07, 6.45) is 0. The van der Waals surface area contributed by atoms with E-state index < -0.39 is 0 Å². The van der Waals surface area contributed by atoms with Crippen LogP contribution in [0.2, 0.25) is 0 Å². The lowest BCUT2D eigenvalue weighted by Gasteiger charge is -2.06. The fourth-order valence-corrected chi connectivity index (χ4v) is 2.58. The summed E-state index contributed by atoms with van der Waals surface area (Å²) >= 11 is 3.43. The van der Waals surface area contributed by atoms with E-state index in [2.05, 4.69) is 25.9 Å². The van der Waals surface area contributed by atoms with E-state index in [0.717, 1.165) is 15.8 Å². The second-order valence-corrected chi connectivity index (χ2v) is 5.14. The predicted octanol–water partition coefficient (Wildman–Crippen LogP) is 3.36. The van der Waals surface area contributed by atoms with Gasteiger partial charge in [-0.05, 0) is 46.3 Å². The molecule has 0 spiro atoms. The SMILES string of the molecule is COc1ccc(-c2nc3ccccc3c(=O)[nH]2)cc1Br. The molecular formula is C15H11BrN2O2. The number of rotatable bonds is 2. The van der Waals surface area contributed by atoms with Crippen LogP contribution in [0.15, 0.2) is 51.7 Å². The topological polar surface area (TPSA) is 55.0 Å². The summed E-state index contributed by atoms with van der Waals surface area (Å²) < 4.78 is 6.00. The van der Waals surface area contributed by atoms with E-state index in [-0.39, 0.29) is 5.56 Å². The molecule has 0 atom stereocenters. The van der Waals surface area contributed by atoms with Crippen LogP contribution < -0.4 is 10.3 Å². The number of aromatic nitrogens is 2. The number of fused-ring (bicyclic) bond motifs is 1. The number of benzene rings is 2. The largest absolute Gasteiger partial charge is 0.496 e. The van der Waals surface area contributed by atoms with Crippen LogP contribution in [0.25, 0.3) is 22.3 Å². The maximum absolute atomic E-state index is 12.0. The van der Waals surface area contributed by atoms with Gasteiger partial charge in [0.25, 0.3) is 5.56 Å². The molecular weight excluding hydrogens is 320 g/mol. The zero-order valence-electron chi connectivity index (χ0n) is 10.7. The monoisotopic (exact) mass is 330 g/mol. The Morgan fingerprint density at radius 3 is 2.75 bits per heavy atom. The summed E-state index contributed by atoms with van der Waals surface area (Å²) in [5, 5.41) is 0.587. The van der Waals surface area contributed by atoms with E-state index in [1.807, 2.05) is 36.4 Å². The quantitative estimate of drug-likeness (QED) is 0.783. The lowest BCUT2D eigenvalue weighted by atomic mass is 10.2. The van der Waals surface area contributed by atoms with Crippen LogP contribution in [-0.4, -0.2) is 17.1 Å². The van der Waals surface area contributed by atoms with Gasteiger partial charge in [0, 0.05) is 5.56 Å². The highest BCUT2D eigenvalue weighted by atomic mass is 79.9. The Hall–Kier alpha value is -2.14. The van der Waals surface area contributed by atoms with E-state index in [1.54, 1.807) is 13.2 Å². The second kappa shape index (κ2) is 5.09. The van der Waals surface area contributed by atoms with Crippen molar-refractivity contribution in [2.75, 3.05) is 7.11 Å². The van der Waals surface area contributed by atoms with Gasteiger partial charge in [0.1, 0.15) is 11.6 Å². The van der Waals surface area contributed by atoms with Gasteiger partial charge < -0.3 is 9.72 Å². The van der Waals surface area contributed by atoms with Crippen molar-refractivity contribution in [3.05, 3.63) is 57.3 Å². The first-order valence-electron chi connectivity index (χ1n) is 6.02. The van der Waals surface area contributed by atoms with Crippen molar-refractivity contribution in [1.29, 1.82) is 0 Å². The van der Waals surface area contributed by atoms with Gasteiger partial charge in [-0.2, -0.15) is 0 Å². The Balaban J connectivity index is 2.19. The Morgan fingerprint density at radius 1 is 1.20 bits per heavy atom. The number of nitrogens with one attached hydrogen (secondary N) is 1. The maximum atomic E-state index is 12.0. The molecule has 1 N–H and O–H groups in total. The number of aromatic amines is 1. The number of hydrogen-bond donors (Lipinski definition) is 1. The highest BCUT2D eigenvalue weighted by Crippen LogP contribution is 2.29. The van der Waals surface area contributed by atoms with Crippen LogP contribution in [0.3, 0.4) is 0 Å². The van der Waals surface area contributed by atoms with Crippen molar-refractivity contribution in [3.8, 4) is 17.1 Å². The Kier molecular flexibility index (Phi) is 3.28. The third-order valence-corrected chi connectivity index (χ3v) is 3.66. The van der Waals surface area contributed by atoms with E-state index >= 15 is 0 Å². The third kappa shape index (κ3) is 2.20. The van der Waals surface area contributed by atoms with Crippen LogP contribution in [-0.2, 0) is 0 Å². The predicted molar refractivity (Wildman–Crippen MR) is 82.1 cm³/mol. The fourth-order valence-electron chi connectivity index (χ4n) is 2.04. The number of ether oxygens (including phenoxy) is 1. The minimum absolute atomic E-state index is 0.141. The molecule has 0 unspecified atom stereocenters. The van der Waals surface area contributed by atoms with Gasteiger partial charge in [-0.15, -0.1) is 0 Å². The minimum Gasteiger partial charge on any atom is -0.496 e. The Labute approximate surface area is 123 Å². The van der Waals surface area contributed by atoms with Gasteiger partial charge in [0.2, 0.25) is 0 Å². The number of nitrogens with zero attached hydrogens (tertiary/aromatic N) is 1. The van der Waals surface area contributed by atoms with Crippen LogP contribution >= 0.6 is 15.9 Å². The molecule has 0 radical (unpaired) electrons. The van der Waals surface area contributed by atoms with Gasteiger partial charge in [-0.25, -0.2) is 4.98 Å². The molecule has 0 aliphatic carbocycles. The number of methoxy groups -OCH3 is 1. The summed E-state index contributed by atoms with van der Waals surface area (Å²) in [4.78, 5) is 19.3. The van der Waals surface area contributed by atoms with Gasteiger partial charge in [-0.3, -0.25) is 4.79 Å². The molecule has 0 aliphatic heterocycles. The Morgan fingerprint density at radius 2 is 2.00 bits per heavy atom. The highest BCUT2D eigenvalue weighted by Gasteiger charge is 2.08. The lowest BCUT2D eigenvalue weighted by molar-refractivity contribution is 0.412. The van der Waals surface area contributed by atoms with Crippen LogP contribution in [0.4, 0.5) is 0 Å². The summed E-state index contributed by atoms with van der Waals surface area (Å²) in [5.74, 6) is 1.27. The molecule has 0 amide bonds. The zero-order valence-corrected chi connectivity index (χ0v) is 12.3. The normalized spacial score (nSPS) is 10.7. The summed E-state index contributed by atoms with van der Waals surface area (Å²) in [6.45, 7) is 0. The van der Waals surface area contributed by atoms with E-state index in [0.29, 0.717) is 16.7 Å². The maximum Gasteiger partial charge on any atom is 0.259 e. The third-order valence-electron chi connectivity index (χ3n) is 3.04. The smallest absolute Gasteiger partial charge is 0.259 e. The van der Waals surface area contributed by atoms with Gasteiger partial charge in [0.05, 0.1) is 22.5 Å². The molecule has 2 aromatic carbocycles. The average Bonchev–Trinajstić information content (AvgIpc) is 2.47. The molecule has 0 saturated heterocycles. The second-order valence-electron chi connectivity index (χ2n) is 4.28. The number of H-pyrrole nitrogens is 1. The molecule has 3 rings (SSSR count). The molecule has 0 fully saturated rings. The van der Waals surface area contributed by atoms with E-state index in [9.17, 15) is 4.79 Å². The van der Waals surface area contributed by atoms with Crippen LogP contribution in [0, 0.1) is 0 Å². The molecule has 20 heavy (non-hydrogen) atoms. The first-order chi connectivity index (χ1) is 9.69. The number of halogens is 1. The summed E-state index contributed by atoms with van der Waals surface area (Å²) in [7, 11) is 1.61. The molecule has 4 nitrogen and oxygen atoms in total. The van der Waals surface area contributed by atoms with Gasteiger partial charge >= 0.3 is 0 Å². The molecule has 100 valence electrons. The lowest BCUT2D eigenvalue weighted by Crippen LogP contribution is -2.09. The first-order valence-corrected chi connectivity index (χ1v) is 6.81. The minimum atomic E-state index is -0.141. The molecule has 1 heterocycles. The first kappa shape index (κ1) is 12.9. The summed E-state index contributed by atoms with van der Waals surface area (Å²) in [5.41, 5.74) is 1.36. The highest BCUT2D eigenvalue weighted by molar-refractivity contribution is 9.10. The molecule has 0 bridgehead atoms. The summed E-state index contributed by atoms with van der Waals surface area (Å²) in [6, 6.07) is 12.8. The van der Waals surface area contributed by atoms with Crippen molar-refractivity contribution in [1.82, 2.24) is 9.97 Å². The van der Waals surface area contributed by atoms with Crippen molar-refractivity contribution in [3.63, 3.8) is 0 Å². The van der Waals surface area contributed by atoms with Crippen LogP contribution in [0.1, 0.15) is 0 Å². The standard InChI is InChI=1S/C15H11BrN2O2/c1-20-13-7-6-9(8-11(13)16)14-17-12-5-3-2-4-10(12)15(19)18-14/h2-8H,1H3,(H,17,18,19). The Bertz CT molecular complexity index is 843. The fraction of sp³-hybridized carbons (Fsp3) is 0.0667. The van der Waals surface area contributed by atoms with Crippen molar-refractivity contribution >= 4 is 26.8 Å². The molecule has 5 heteroatoms. The van der Waals surface area contributed by atoms with Gasteiger partial charge in [0.15, 0.2) is 0 Å². The van der Waals surface area contributed by atoms with E-state index in [1.165, 1.54) is 0 Å². The van der Waals surface area contributed by atoms with Crippen molar-refractivity contribution in [2.45, 2.75) is 0 Å². The van der Waals surface area contributed by atoms with E-state index in [4.69, 9.17) is 4.74 Å².